The van der Waals surface area contributed by atoms with E-state index in [1.165, 1.54) is 0 Å². The highest BCUT2D eigenvalue weighted by atomic mass is 16.2. The number of nitrogens with two attached hydrogens (primary N) is 1. The highest BCUT2D eigenvalue weighted by Gasteiger charge is 2.47. The van der Waals surface area contributed by atoms with Crippen molar-refractivity contribution in [2.24, 2.45) is 17.1 Å². The predicted octanol–water partition coefficient (Wildman–Crippen LogP) is 0.735. The van der Waals surface area contributed by atoms with Gasteiger partial charge in [-0.3, -0.25) is 9.59 Å². The van der Waals surface area contributed by atoms with Crippen molar-refractivity contribution < 1.29 is 9.59 Å². The second kappa shape index (κ2) is 6.37. The van der Waals surface area contributed by atoms with Crippen LogP contribution in [0, 0.1) is 11.3 Å². The number of nitrogens with zero attached hydrogens (tertiary/aromatic N) is 1. The molecule has 19 heavy (non-hydrogen) atoms. The molecule has 0 heterocycles. The monoisotopic (exact) mass is 269 g/mol. The number of nitrogens with one attached hydrogen (secondary N) is 1. The summed E-state index contributed by atoms with van der Waals surface area (Å²) in [5.41, 5.74) is 5.29. The molecule has 1 unspecified atom stereocenters. The van der Waals surface area contributed by atoms with E-state index in [0.717, 1.165) is 12.8 Å². The molecule has 0 aromatic heterocycles. The fourth-order valence-corrected chi connectivity index (χ4v) is 2.94. The van der Waals surface area contributed by atoms with Crippen LogP contribution in [0.3, 0.4) is 0 Å². The molecule has 2 amide bonds. The molecule has 0 aliphatic heterocycles. The Bertz CT molecular complexity index is 334. The maximum absolute atomic E-state index is 12.3. The molecule has 1 fully saturated rings. The Balaban J connectivity index is 2.59. The van der Waals surface area contributed by atoms with Crippen molar-refractivity contribution >= 4 is 11.8 Å². The second-order valence-electron chi connectivity index (χ2n) is 5.70. The van der Waals surface area contributed by atoms with Crippen molar-refractivity contribution in [3.8, 4) is 0 Å². The zero-order valence-electron chi connectivity index (χ0n) is 12.5. The molecule has 0 bridgehead atoms. The van der Waals surface area contributed by atoms with Crippen molar-refractivity contribution in [1.29, 1.82) is 0 Å². The van der Waals surface area contributed by atoms with Gasteiger partial charge in [-0.2, -0.15) is 0 Å². The molecule has 1 saturated carbocycles. The summed E-state index contributed by atoms with van der Waals surface area (Å²) in [7, 11) is 0. The molecule has 1 rings (SSSR count). The van der Waals surface area contributed by atoms with Crippen molar-refractivity contribution in [1.82, 2.24) is 10.2 Å². The second-order valence-corrected chi connectivity index (χ2v) is 5.70. The molecule has 110 valence electrons. The van der Waals surface area contributed by atoms with Gasteiger partial charge in [0.15, 0.2) is 0 Å². The predicted molar refractivity (Wildman–Crippen MR) is 75.4 cm³/mol. The SMILES string of the molecule is CCN(CC)C(=O)C(C)NC(=O)C1(CN)CC(C)C1. The lowest BCUT2D eigenvalue weighted by Gasteiger charge is -2.44. The van der Waals surface area contributed by atoms with E-state index >= 15 is 0 Å². The van der Waals surface area contributed by atoms with Gasteiger partial charge in [-0.25, -0.2) is 0 Å². The highest BCUT2D eigenvalue weighted by molar-refractivity contribution is 5.90. The molecule has 3 N–H and O–H groups in total. The van der Waals surface area contributed by atoms with Crippen molar-refractivity contribution in [2.75, 3.05) is 19.6 Å². The topological polar surface area (TPSA) is 75.4 Å². The lowest BCUT2D eigenvalue weighted by molar-refractivity contribution is -0.143. The third kappa shape index (κ3) is 3.26. The van der Waals surface area contributed by atoms with E-state index in [4.69, 9.17) is 5.73 Å². The molecule has 0 aromatic carbocycles. The molecule has 1 atom stereocenters. The minimum atomic E-state index is -0.480. The first-order valence-electron chi connectivity index (χ1n) is 7.20. The largest absolute Gasteiger partial charge is 0.344 e. The van der Waals surface area contributed by atoms with E-state index in [2.05, 4.69) is 12.2 Å². The van der Waals surface area contributed by atoms with E-state index in [1.807, 2.05) is 13.8 Å². The van der Waals surface area contributed by atoms with Gasteiger partial charge >= 0.3 is 0 Å². The first-order chi connectivity index (χ1) is 8.90. The van der Waals surface area contributed by atoms with Gasteiger partial charge < -0.3 is 16.0 Å². The Morgan fingerprint density at radius 2 is 1.89 bits per heavy atom. The average molecular weight is 269 g/mol. The maximum atomic E-state index is 12.3. The van der Waals surface area contributed by atoms with Crippen LogP contribution in [0.15, 0.2) is 0 Å². The van der Waals surface area contributed by atoms with Crippen LogP contribution in [0.4, 0.5) is 0 Å². The molecule has 5 nitrogen and oxygen atoms in total. The minimum absolute atomic E-state index is 0.0297. The van der Waals surface area contributed by atoms with Crippen molar-refractivity contribution in [3.05, 3.63) is 0 Å². The molecular weight excluding hydrogens is 242 g/mol. The molecule has 0 saturated heterocycles. The Labute approximate surface area is 115 Å². The third-order valence-electron chi connectivity index (χ3n) is 4.14. The summed E-state index contributed by atoms with van der Waals surface area (Å²) in [6, 6.07) is -0.480. The number of rotatable bonds is 6. The number of carbonyl (C=O) groups excluding carboxylic acids is 2. The lowest BCUT2D eigenvalue weighted by Crippen LogP contribution is -2.57. The van der Waals surface area contributed by atoms with E-state index < -0.39 is 11.5 Å². The normalized spacial score (nSPS) is 27.3. The first kappa shape index (κ1) is 16.0. The van der Waals surface area contributed by atoms with Crippen LogP contribution in [0.25, 0.3) is 0 Å². The van der Waals surface area contributed by atoms with Crippen molar-refractivity contribution in [2.45, 2.75) is 46.6 Å². The van der Waals surface area contributed by atoms with Crippen LogP contribution in [0.1, 0.15) is 40.5 Å². The van der Waals surface area contributed by atoms with Gasteiger partial charge in [0.25, 0.3) is 0 Å². The van der Waals surface area contributed by atoms with Crippen LogP contribution < -0.4 is 11.1 Å². The van der Waals surface area contributed by atoms with Crippen LogP contribution in [-0.4, -0.2) is 42.4 Å². The van der Waals surface area contributed by atoms with E-state index in [-0.39, 0.29) is 11.8 Å². The molecule has 1 aliphatic carbocycles. The summed E-state index contributed by atoms with van der Waals surface area (Å²) < 4.78 is 0. The van der Waals surface area contributed by atoms with Gasteiger partial charge in [0, 0.05) is 19.6 Å². The van der Waals surface area contributed by atoms with Gasteiger partial charge in [0.1, 0.15) is 6.04 Å². The van der Waals surface area contributed by atoms with Gasteiger partial charge in [-0.15, -0.1) is 0 Å². The zero-order valence-corrected chi connectivity index (χ0v) is 12.5. The molecule has 5 heteroatoms. The zero-order chi connectivity index (χ0) is 14.6. The molecular formula is C14H27N3O2. The van der Waals surface area contributed by atoms with E-state index in [1.54, 1.807) is 11.8 Å². The number of amides is 2. The number of carbonyl (C=O) groups is 2. The summed E-state index contributed by atoms with van der Waals surface area (Å²) in [6.45, 7) is 9.41. The Kier molecular flexibility index (Phi) is 5.35. The van der Waals surface area contributed by atoms with Gasteiger partial charge in [-0.1, -0.05) is 6.92 Å². The van der Waals surface area contributed by atoms with Crippen LogP contribution >= 0.6 is 0 Å². The quantitative estimate of drug-likeness (QED) is 0.746. The summed E-state index contributed by atoms with van der Waals surface area (Å²) in [5, 5.41) is 2.83. The van der Waals surface area contributed by atoms with Crippen LogP contribution in [0.2, 0.25) is 0 Å². The number of hydrogen-bond acceptors (Lipinski definition) is 3. The first-order valence-corrected chi connectivity index (χ1v) is 7.20. The smallest absolute Gasteiger partial charge is 0.244 e. The molecule has 0 spiro atoms. The number of likely N-dealkylation sites (N-methyl/N-ethyl adjacent to an activating group) is 1. The lowest BCUT2D eigenvalue weighted by atomic mass is 9.62. The van der Waals surface area contributed by atoms with Crippen LogP contribution in [-0.2, 0) is 9.59 Å². The summed E-state index contributed by atoms with van der Waals surface area (Å²) in [6.07, 6.45) is 1.64. The van der Waals surface area contributed by atoms with Crippen LogP contribution in [0.5, 0.6) is 0 Å². The van der Waals surface area contributed by atoms with Gasteiger partial charge in [0.2, 0.25) is 11.8 Å². The van der Waals surface area contributed by atoms with Gasteiger partial charge in [-0.05, 0) is 39.5 Å². The molecule has 0 aromatic rings. The summed E-state index contributed by atoms with van der Waals surface area (Å²) in [5.74, 6) is 0.446. The molecule has 0 radical (unpaired) electrons. The Hall–Kier alpha value is -1.10. The van der Waals surface area contributed by atoms with E-state index in [9.17, 15) is 9.59 Å². The Morgan fingerprint density at radius 3 is 2.26 bits per heavy atom. The van der Waals surface area contributed by atoms with Gasteiger partial charge in [0.05, 0.1) is 5.41 Å². The third-order valence-corrected chi connectivity index (χ3v) is 4.14. The Morgan fingerprint density at radius 1 is 1.37 bits per heavy atom. The maximum Gasteiger partial charge on any atom is 0.244 e. The summed E-state index contributed by atoms with van der Waals surface area (Å²) >= 11 is 0. The van der Waals surface area contributed by atoms with Crippen molar-refractivity contribution in [3.63, 3.8) is 0 Å². The number of hydrogen-bond donors (Lipinski definition) is 2. The fraction of sp³-hybridized carbons (Fsp3) is 0.857. The summed E-state index contributed by atoms with van der Waals surface area (Å²) in [4.78, 5) is 26.1. The fourth-order valence-electron chi connectivity index (χ4n) is 2.94. The standard InChI is InChI=1S/C14H27N3O2/c1-5-17(6-2)12(18)11(4)16-13(19)14(9-15)7-10(3)8-14/h10-11H,5-9,15H2,1-4H3,(H,16,19). The minimum Gasteiger partial charge on any atom is -0.344 e. The van der Waals surface area contributed by atoms with E-state index in [0.29, 0.717) is 25.6 Å². The average Bonchev–Trinajstić information content (AvgIpc) is 2.35. The highest BCUT2D eigenvalue weighted by Crippen LogP contribution is 2.44. The molecule has 1 aliphatic rings.